The zero-order valence-electron chi connectivity index (χ0n) is 11.7. The Hall–Kier alpha value is -1.87. The molecule has 0 atom stereocenters. The molecule has 2 aromatic rings. The fourth-order valence-electron chi connectivity index (χ4n) is 1.86. The molecule has 3 nitrogen and oxygen atoms in total. The van der Waals surface area contributed by atoms with Crippen LogP contribution in [0.25, 0.3) is 0 Å². The first-order valence-electron chi connectivity index (χ1n) is 6.52. The van der Waals surface area contributed by atoms with E-state index in [1.54, 1.807) is 7.11 Å². The first-order chi connectivity index (χ1) is 9.72. The van der Waals surface area contributed by atoms with Gasteiger partial charge in [0.1, 0.15) is 0 Å². The predicted octanol–water partition coefficient (Wildman–Crippen LogP) is 4.36. The molecule has 1 N–H and O–H groups in total. The molecule has 2 aromatic carbocycles. The number of ether oxygens (including phenoxy) is 2. The SMILES string of the molecule is CCOc1cc(NCc2ccc(Cl)cc2)ccc1OC. The van der Waals surface area contributed by atoms with Crippen LogP contribution >= 0.6 is 11.6 Å². The van der Waals surface area contributed by atoms with Crippen LogP contribution in [0.5, 0.6) is 11.5 Å². The van der Waals surface area contributed by atoms with Crippen molar-refractivity contribution in [3.63, 3.8) is 0 Å². The Morgan fingerprint density at radius 3 is 2.45 bits per heavy atom. The van der Waals surface area contributed by atoms with Crippen LogP contribution in [0.15, 0.2) is 42.5 Å². The van der Waals surface area contributed by atoms with Crippen LogP contribution in [0.4, 0.5) is 5.69 Å². The molecule has 0 bridgehead atoms. The molecule has 0 aliphatic rings. The van der Waals surface area contributed by atoms with Crippen molar-refractivity contribution in [2.75, 3.05) is 19.0 Å². The zero-order chi connectivity index (χ0) is 14.4. The second kappa shape index (κ2) is 7.06. The van der Waals surface area contributed by atoms with Crippen LogP contribution in [-0.4, -0.2) is 13.7 Å². The molecule has 0 amide bonds. The zero-order valence-corrected chi connectivity index (χ0v) is 12.4. The summed E-state index contributed by atoms with van der Waals surface area (Å²) < 4.78 is 10.8. The van der Waals surface area contributed by atoms with Crippen LogP contribution in [0.3, 0.4) is 0 Å². The summed E-state index contributed by atoms with van der Waals surface area (Å²) in [6.45, 7) is 3.29. The number of anilines is 1. The van der Waals surface area contributed by atoms with Gasteiger partial charge in [-0.2, -0.15) is 0 Å². The molecule has 0 heterocycles. The Kier molecular flexibility index (Phi) is 5.13. The number of methoxy groups -OCH3 is 1. The molecule has 0 aliphatic carbocycles. The number of halogens is 1. The third kappa shape index (κ3) is 3.81. The van der Waals surface area contributed by atoms with Gasteiger partial charge in [-0.15, -0.1) is 0 Å². The lowest BCUT2D eigenvalue weighted by Crippen LogP contribution is -2.01. The third-order valence-electron chi connectivity index (χ3n) is 2.87. The first kappa shape index (κ1) is 14.5. The summed E-state index contributed by atoms with van der Waals surface area (Å²) in [6, 6.07) is 13.6. The van der Waals surface area contributed by atoms with Crippen LogP contribution in [-0.2, 0) is 6.54 Å². The van der Waals surface area contributed by atoms with Crippen molar-refractivity contribution in [1.82, 2.24) is 0 Å². The summed E-state index contributed by atoms with van der Waals surface area (Å²) in [5.41, 5.74) is 2.16. The van der Waals surface area contributed by atoms with E-state index in [1.165, 1.54) is 5.56 Å². The summed E-state index contributed by atoms with van der Waals surface area (Å²) in [4.78, 5) is 0. The van der Waals surface area contributed by atoms with Crippen LogP contribution in [0.1, 0.15) is 12.5 Å². The van der Waals surface area contributed by atoms with Gasteiger partial charge in [-0.25, -0.2) is 0 Å². The first-order valence-corrected chi connectivity index (χ1v) is 6.90. The number of benzene rings is 2. The molecule has 0 aliphatic heterocycles. The Morgan fingerprint density at radius 2 is 1.80 bits per heavy atom. The average molecular weight is 292 g/mol. The predicted molar refractivity (Wildman–Crippen MR) is 82.9 cm³/mol. The Balaban J connectivity index is 2.05. The fourth-order valence-corrected chi connectivity index (χ4v) is 1.99. The minimum Gasteiger partial charge on any atom is -0.493 e. The second-order valence-corrected chi connectivity index (χ2v) is 4.72. The maximum absolute atomic E-state index is 5.87. The van der Waals surface area contributed by atoms with E-state index in [1.807, 2.05) is 49.4 Å². The Labute approximate surface area is 124 Å². The fraction of sp³-hybridized carbons (Fsp3) is 0.250. The van der Waals surface area contributed by atoms with Gasteiger partial charge < -0.3 is 14.8 Å². The van der Waals surface area contributed by atoms with Gasteiger partial charge in [-0.05, 0) is 36.8 Å². The summed E-state index contributed by atoms with van der Waals surface area (Å²) in [7, 11) is 1.64. The quantitative estimate of drug-likeness (QED) is 0.858. The van der Waals surface area contributed by atoms with Crippen molar-refractivity contribution in [3.05, 3.63) is 53.1 Å². The lowest BCUT2D eigenvalue weighted by atomic mass is 10.2. The van der Waals surface area contributed by atoms with Gasteiger partial charge in [-0.3, -0.25) is 0 Å². The van der Waals surface area contributed by atoms with E-state index in [9.17, 15) is 0 Å². The molecular weight excluding hydrogens is 274 g/mol. The lowest BCUT2D eigenvalue weighted by Gasteiger charge is -2.12. The van der Waals surface area contributed by atoms with E-state index in [-0.39, 0.29) is 0 Å². The molecule has 0 radical (unpaired) electrons. The summed E-state index contributed by atoms with van der Waals surface area (Å²) in [5.74, 6) is 1.49. The highest BCUT2D eigenvalue weighted by Gasteiger charge is 2.05. The van der Waals surface area contributed by atoms with Crippen molar-refractivity contribution in [2.45, 2.75) is 13.5 Å². The molecule has 0 fully saturated rings. The van der Waals surface area contributed by atoms with Gasteiger partial charge in [0.15, 0.2) is 11.5 Å². The minimum absolute atomic E-state index is 0.608. The van der Waals surface area contributed by atoms with E-state index >= 15 is 0 Å². The van der Waals surface area contributed by atoms with Crippen molar-refractivity contribution in [2.24, 2.45) is 0 Å². The van der Waals surface area contributed by atoms with Crippen molar-refractivity contribution in [1.29, 1.82) is 0 Å². The molecule has 106 valence electrons. The third-order valence-corrected chi connectivity index (χ3v) is 3.13. The topological polar surface area (TPSA) is 30.5 Å². The van der Waals surface area contributed by atoms with Crippen LogP contribution in [0.2, 0.25) is 5.02 Å². The van der Waals surface area contributed by atoms with E-state index in [2.05, 4.69) is 5.32 Å². The summed E-state index contributed by atoms with van der Waals surface area (Å²) >= 11 is 5.87. The maximum atomic E-state index is 5.87. The van der Waals surface area contributed by atoms with Gasteiger partial charge in [0.2, 0.25) is 0 Å². The van der Waals surface area contributed by atoms with Gasteiger partial charge in [0.25, 0.3) is 0 Å². The standard InChI is InChI=1S/C16H18ClNO2/c1-3-20-16-10-14(8-9-15(16)19-2)18-11-12-4-6-13(17)7-5-12/h4-10,18H,3,11H2,1-2H3. The highest BCUT2D eigenvalue weighted by Crippen LogP contribution is 2.30. The average Bonchev–Trinajstić information content (AvgIpc) is 2.47. The highest BCUT2D eigenvalue weighted by atomic mass is 35.5. The highest BCUT2D eigenvalue weighted by molar-refractivity contribution is 6.30. The number of nitrogens with one attached hydrogen (secondary N) is 1. The summed E-state index contributed by atoms with van der Waals surface area (Å²) in [6.07, 6.45) is 0. The van der Waals surface area contributed by atoms with Gasteiger partial charge in [-0.1, -0.05) is 23.7 Å². The minimum atomic E-state index is 0.608. The molecule has 0 spiro atoms. The molecule has 0 aromatic heterocycles. The van der Waals surface area contributed by atoms with Gasteiger partial charge >= 0.3 is 0 Å². The maximum Gasteiger partial charge on any atom is 0.163 e. The van der Waals surface area contributed by atoms with Crippen molar-refractivity contribution >= 4 is 17.3 Å². The van der Waals surface area contributed by atoms with Crippen molar-refractivity contribution in [3.8, 4) is 11.5 Å². The van der Waals surface area contributed by atoms with E-state index < -0.39 is 0 Å². The Morgan fingerprint density at radius 1 is 1.05 bits per heavy atom. The number of rotatable bonds is 6. The van der Waals surface area contributed by atoms with Gasteiger partial charge in [0, 0.05) is 23.3 Å². The molecular formula is C16H18ClNO2. The lowest BCUT2D eigenvalue weighted by molar-refractivity contribution is 0.311. The monoisotopic (exact) mass is 291 g/mol. The second-order valence-electron chi connectivity index (χ2n) is 4.28. The normalized spacial score (nSPS) is 10.2. The van der Waals surface area contributed by atoms with Gasteiger partial charge in [0.05, 0.1) is 13.7 Å². The van der Waals surface area contributed by atoms with Crippen LogP contribution in [0, 0.1) is 0 Å². The molecule has 0 saturated heterocycles. The molecule has 0 saturated carbocycles. The van der Waals surface area contributed by atoms with Crippen molar-refractivity contribution < 1.29 is 9.47 Å². The van der Waals surface area contributed by atoms with Crippen LogP contribution < -0.4 is 14.8 Å². The number of hydrogen-bond donors (Lipinski definition) is 1. The molecule has 2 rings (SSSR count). The summed E-state index contributed by atoms with van der Waals surface area (Å²) in [5, 5.41) is 4.10. The molecule has 4 heteroatoms. The molecule has 0 unspecified atom stereocenters. The Bertz CT molecular complexity index is 555. The largest absolute Gasteiger partial charge is 0.493 e. The van der Waals surface area contributed by atoms with E-state index in [0.29, 0.717) is 6.61 Å². The van der Waals surface area contributed by atoms with E-state index in [4.69, 9.17) is 21.1 Å². The number of hydrogen-bond acceptors (Lipinski definition) is 3. The van der Waals surface area contributed by atoms with E-state index in [0.717, 1.165) is 28.8 Å². The smallest absolute Gasteiger partial charge is 0.163 e. The molecule has 20 heavy (non-hydrogen) atoms.